The second kappa shape index (κ2) is 5.67. The molecule has 0 aliphatic rings. The molecule has 1 rings (SSSR count). The first-order valence-corrected chi connectivity index (χ1v) is 5.92. The summed E-state index contributed by atoms with van der Waals surface area (Å²) < 4.78 is 0. The molecule has 0 bridgehead atoms. The fraction of sp³-hybridized carbons (Fsp3) is 0.538. The number of rotatable bonds is 5. The van der Waals surface area contributed by atoms with E-state index in [1.54, 1.807) is 0 Å². The van der Waals surface area contributed by atoms with Crippen molar-refractivity contribution in [3.63, 3.8) is 0 Å². The summed E-state index contributed by atoms with van der Waals surface area (Å²) in [5.74, 6) is 0. The SMILES string of the molecule is CN(C)CC(C)(CN)Cc1ccc(Cl)cc1. The van der Waals surface area contributed by atoms with Gasteiger partial charge in [0, 0.05) is 11.6 Å². The van der Waals surface area contributed by atoms with E-state index in [-0.39, 0.29) is 5.41 Å². The number of benzene rings is 1. The first-order valence-electron chi connectivity index (χ1n) is 5.54. The van der Waals surface area contributed by atoms with Crippen molar-refractivity contribution >= 4 is 11.6 Å². The van der Waals surface area contributed by atoms with Crippen LogP contribution in [-0.2, 0) is 6.42 Å². The Kier molecular flexibility index (Phi) is 4.78. The molecule has 0 heterocycles. The predicted molar refractivity (Wildman–Crippen MR) is 70.9 cm³/mol. The Balaban J connectivity index is 2.72. The van der Waals surface area contributed by atoms with Crippen LogP contribution >= 0.6 is 11.6 Å². The molecular formula is C13H21ClN2. The van der Waals surface area contributed by atoms with Gasteiger partial charge in [-0.2, -0.15) is 0 Å². The van der Waals surface area contributed by atoms with Crippen molar-refractivity contribution in [2.24, 2.45) is 11.1 Å². The van der Waals surface area contributed by atoms with E-state index in [9.17, 15) is 0 Å². The van der Waals surface area contributed by atoms with Gasteiger partial charge >= 0.3 is 0 Å². The molecule has 90 valence electrons. The molecule has 1 atom stereocenters. The second-order valence-corrected chi connectivity index (χ2v) is 5.49. The van der Waals surface area contributed by atoms with Crippen LogP contribution < -0.4 is 5.73 Å². The summed E-state index contributed by atoms with van der Waals surface area (Å²) >= 11 is 5.87. The monoisotopic (exact) mass is 240 g/mol. The lowest BCUT2D eigenvalue weighted by Crippen LogP contribution is -2.39. The molecular weight excluding hydrogens is 220 g/mol. The van der Waals surface area contributed by atoms with E-state index < -0.39 is 0 Å². The number of hydrogen-bond donors (Lipinski definition) is 1. The number of nitrogens with two attached hydrogens (primary N) is 1. The van der Waals surface area contributed by atoms with E-state index in [4.69, 9.17) is 17.3 Å². The van der Waals surface area contributed by atoms with Gasteiger partial charge in [0.15, 0.2) is 0 Å². The molecule has 0 aliphatic carbocycles. The number of hydrogen-bond acceptors (Lipinski definition) is 2. The van der Waals surface area contributed by atoms with E-state index in [0.717, 1.165) is 18.0 Å². The van der Waals surface area contributed by atoms with E-state index in [2.05, 4.69) is 38.1 Å². The first kappa shape index (κ1) is 13.5. The molecule has 0 aliphatic heterocycles. The van der Waals surface area contributed by atoms with Gasteiger partial charge in [0.05, 0.1) is 0 Å². The summed E-state index contributed by atoms with van der Waals surface area (Å²) in [6.45, 7) is 3.90. The van der Waals surface area contributed by atoms with Crippen LogP contribution in [0.3, 0.4) is 0 Å². The van der Waals surface area contributed by atoms with Crippen molar-refractivity contribution in [2.75, 3.05) is 27.2 Å². The molecule has 3 heteroatoms. The van der Waals surface area contributed by atoms with Gasteiger partial charge in [0.2, 0.25) is 0 Å². The van der Waals surface area contributed by atoms with E-state index in [0.29, 0.717) is 6.54 Å². The van der Waals surface area contributed by atoms with Gasteiger partial charge in [-0.3, -0.25) is 0 Å². The van der Waals surface area contributed by atoms with Crippen molar-refractivity contribution in [1.29, 1.82) is 0 Å². The van der Waals surface area contributed by atoms with E-state index >= 15 is 0 Å². The lowest BCUT2D eigenvalue weighted by atomic mass is 9.83. The maximum Gasteiger partial charge on any atom is 0.0406 e. The van der Waals surface area contributed by atoms with Crippen molar-refractivity contribution < 1.29 is 0 Å². The van der Waals surface area contributed by atoms with Crippen LogP contribution in [0.15, 0.2) is 24.3 Å². The highest BCUT2D eigenvalue weighted by Gasteiger charge is 2.23. The summed E-state index contributed by atoms with van der Waals surface area (Å²) in [5, 5.41) is 0.783. The predicted octanol–water partition coefficient (Wildman–Crippen LogP) is 2.41. The third-order valence-corrected chi connectivity index (χ3v) is 2.99. The highest BCUT2D eigenvalue weighted by atomic mass is 35.5. The fourth-order valence-corrected chi connectivity index (χ4v) is 2.18. The average molecular weight is 241 g/mol. The van der Waals surface area contributed by atoms with Crippen LogP contribution in [0.5, 0.6) is 0 Å². The fourth-order valence-electron chi connectivity index (χ4n) is 2.05. The molecule has 2 N–H and O–H groups in total. The highest BCUT2D eigenvalue weighted by Crippen LogP contribution is 2.23. The Morgan fingerprint density at radius 2 is 1.81 bits per heavy atom. The van der Waals surface area contributed by atoms with Crippen LogP contribution in [0.25, 0.3) is 0 Å². The van der Waals surface area contributed by atoms with Crippen molar-refractivity contribution in [2.45, 2.75) is 13.3 Å². The molecule has 0 spiro atoms. The topological polar surface area (TPSA) is 29.3 Å². The van der Waals surface area contributed by atoms with Gasteiger partial charge in [0.25, 0.3) is 0 Å². The summed E-state index contributed by atoms with van der Waals surface area (Å²) in [5.41, 5.74) is 7.29. The summed E-state index contributed by atoms with van der Waals surface area (Å²) in [4.78, 5) is 2.18. The highest BCUT2D eigenvalue weighted by molar-refractivity contribution is 6.30. The van der Waals surface area contributed by atoms with Gasteiger partial charge < -0.3 is 10.6 Å². The maximum absolute atomic E-state index is 5.88. The molecule has 1 unspecified atom stereocenters. The van der Waals surface area contributed by atoms with Crippen LogP contribution in [-0.4, -0.2) is 32.1 Å². The minimum Gasteiger partial charge on any atom is -0.330 e. The molecule has 16 heavy (non-hydrogen) atoms. The van der Waals surface area contributed by atoms with Gasteiger partial charge in [-0.05, 0) is 50.2 Å². The Bertz CT molecular complexity index is 321. The Morgan fingerprint density at radius 3 is 2.25 bits per heavy atom. The average Bonchev–Trinajstić information content (AvgIpc) is 2.20. The molecule has 1 aromatic rings. The minimum absolute atomic E-state index is 0.122. The zero-order valence-electron chi connectivity index (χ0n) is 10.3. The van der Waals surface area contributed by atoms with Gasteiger partial charge in [-0.15, -0.1) is 0 Å². The largest absolute Gasteiger partial charge is 0.330 e. The lowest BCUT2D eigenvalue weighted by Gasteiger charge is -2.31. The van der Waals surface area contributed by atoms with E-state index in [1.165, 1.54) is 5.56 Å². The number of nitrogens with zero attached hydrogens (tertiary/aromatic N) is 1. The minimum atomic E-state index is 0.122. The third-order valence-electron chi connectivity index (χ3n) is 2.73. The van der Waals surface area contributed by atoms with Gasteiger partial charge in [-0.1, -0.05) is 30.7 Å². The zero-order chi connectivity index (χ0) is 12.2. The van der Waals surface area contributed by atoms with Crippen molar-refractivity contribution in [1.82, 2.24) is 4.90 Å². The first-order chi connectivity index (χ1) is 7.45. The third kappa shape index (κ3) is 4.12. The lowest BCUT2D eigenvalue weighted by molar-refractivity contribution is 0.224. The maximum atomic E-state index is 5.88. The molecule has 1 aromatic carbocycles. The second-order valence-electron chi connectivity index (χ2n) is 5.06. The Morgan fingerprint density at radius 1 is 1.25 bits per heavy atom. The van der Waals surface area contributed by atoms with E-state index in [1.807, 2.05) is 12.1 Å². The molecule has 0 saturated heterocycles. The van der Waals surface area contributed by atoms with Crippen LogP contribution in [0.1, 0.15) is 12.5 Å². The van der Waals surface area contributed by atoms with Crippen molar-refractivity contribution in [3.05, 3.63) is 34.9 Å². The Hall–Kier alpha value is -0.570. The molecule has 2 nitrogen and oxygen atoms in total. The molecule has 0 amide bonds. The summed E-state index contributed by atoms with van der Waals surface area (Å²) in [7, 11) is 4.16. The number of halogens is 1. The normalized spacial score (nSPS) is 15.1. The Labute approximate surface area is 103 Å². The van der Waals surface area contributed by atoms with Crippen LogP contribution in [0, 0.1) is 5.41 Å². The van der Waals surface area contributed by atoms with Crippen LogP contribution in [0.4, 0.5) is 0 Å². The summed E-state index contributed by atoms with van der Waals surface area (Å²) in [6, 6.07) is 8.02. The quantitative estimate of drug-likeness (QED) is 0.857. The molecule has 0 fully saturated rings. The molecule has 0 radical (unpaired) electrons. The molecule has 0 aromatic heterocycles. The van der Waals surface area contributed by atoms with Gasteiger partial charge in [0.1, 0.15) is 0 Å². The standard InChI is InChI=1S/C13H21ClN2/c1-13(9-15,10-16(2)3)8-11-4-6-12(14)7-5-11/h4-7H,8-10,15H2,1-3H3. The smallest absolute Gasteiger partial charge is 0.0406 e. The van der Waals surface area contributed by atoms with Crippen molar-refractivity contribution in [3.8, 4) is 0 Å². The van der Waals surface area contributed by atoms with Gasteiger partial charge in [-0.25, -0.2) is 0 Å². The zero-order valence-corrected chi connectivity index (χ0v) is 11.1. The molecule has 0 saturated carbocycles. The summed E-state index contributed by atoms with van der Waals surface area (Å²) in [6.07, 6.45) is 0.985. The van der Waals surface area contributed by atoms with Crippen LogP contribution in [0.2, 0.25) is 5.02 Å².